The predicted molar refractivity (Wildman–Crippen MR) is 119 cm³/mol. The highest BCUT2D eigenvalue weighted by atomic mass is 32.2. The maximum atomic E-state index is 6.38. The van der Waals surface area contributed by atoms with Gasteiger partial charge < -0.3 is 5.73 Å². The van der Waals surface area contributed by atoms with E-state index in [1.54, 1.807) is 23.1 Å². The fraction of sp³-hybridized carbons (Fsp3) is 0.333. The minimum Gasteiger partial charge on any atom is -0.383 e. The number of para-hydroxylation sites is 1. The predicted octanol–water partition coefficient (Wildman–Crippen LogP) is 4.72. The number of fused-ring (bicyclic) bond motifs is 3. The number of thiophene rings is 1. The standard InChI is InChI=1S/C21H22N6S2/c1-13-25-26-21(27(13)14-8-4-2-5-9-14)28-12-17-23-19(22)18-15-10-6-3-7-11-16(15)29-20(18)24-17/h2,4-5,8-9H,3,6-7,10-12H2,1H3,(H2,22,23,24). The first kappa shape index (κ1) is 18.6. The second-order valence-electron chi connectivity index (χ2n) is 7.26. The van der Waals surface area contributed by atoms with Gasteiger partial charge in [0.2, 0.25) is 0 Å². The highest BCUT2D eigenvalue weighted by molar-refractivity contribution is 7.98. The number of anilines is 1. The summed E-state index contributed by atoms with van der Waals surface area (Å²) < 4.78 is 2.06. The van der Waals surface area contributed by atoms with Crippen molar-refractivity contribution in [3.8, 4) is 5.69 Å². The van der Waals surface area contributed by atoms with E-state index >= 15 is 0 Å². The molecule has 148 valence electrons. The van der Waals surface area contributed by atoms with Gasteiger partial charge >= 0.3 is 0 Å². The third-order valence-corrected chi connectivity index (χ3v) is 7.39. The fourth-order valence-corrected chi connectivity index (χ4v) is 6.05. The van der Waals surface area contributed by atoms with Crippen molar-refractivity contribution in [2.75, 3.05) is 5.73 Å². The summed E-state index contributed by atoms with van der Waals surface area (Å²) in [7, 11) is 0. The molecule has 0 unspecified atom stereocenters. The molecule has 1 aromatic carbocycles. The molecule has 0 amide bonds. The summed E-state index contributed by atoms with van der Waals surface area (Å²) >= 11 is 3.38. The van der Waals surface area contributed by atoms with Crippen LogP contribution < -0.4 is 5.73 Å². The zero-order valence-corrected chi connectivity index (χ0v) is 17.9. The van der Waals surface area contributed by atoms with Crippen molar-refractivity contribution in [3.63, 3.8) is 0 Å². The van der Waals surface area contributed by atoms with Gasteiger partial charge in [-0.15, -0.1) is 21.5 Å². The Balaban J connectivity index is 1.44. The number of aromatic nitrogens is 5. The highest BCUT2D eigenvalue weighted by Gasteiger charge is 2.20. The summed E-state index contributed by atoms with van der Waals surface area (Å²) in [6.07, 6.45) is 6.00. The third kappa shape index (κ3) is 3.51. The molecule has 0 radical (unpaired) electrons. The van der Waals surface area contributed by atoms with E-state index in [0.717, 1.165) is 45.6 Å². The minimum atomic E-state index is 0.605. The van der Waals surface area contributed by atoms with Crippen molar-refractivity contribution in [3.05, 3.63) is 52.4 Å². The van der Waals surface area contributed by atoms with E-state index in [-0.39, 0.29) is 0 Å². The zero-order valence-electron chi connectivity index (χ0n) is 16.3. The Labute approximate surface area is 177 Å². The van der Waals surface area contributed by atoms with Crippen LogP contribution in [0, 0.1) is 6.92 Å². The second-order valence-corrected chi connectivity index (χ2v) is 9.29. The normalized spacial score (nSPS) is 14.1. The van der Waals surface area contributed by atoms with Gasteiger partial charge in [0.15, 0.2) is 5.16 Å². The van der Waals surface area contributed by atoms with Gasteiger partial charge in [0.05, 0.1) is 11.1 Å². The van der Waals surface area contributed by atoms with Crippen molar-refractivity contribution in [1.82, 2.24) is 24.7 Å². The smallest absolute Gasteiger partial charge is 0.196 e. The van der Waals surface area contributed by atoms with E-state index in [1.807, 2.05) is 25.1 Å². The maximum Gasteiger partial charge on any atom is 0.196 e. The molecule has 3 heterocycles. The average molecular weight is 423 g/mol. The molecule has 0 aliphatic heterocycles. The molecule has 0 bridgehead atoms. The molecule has 6 nitrogen and oxygen atoms in total. The van der Waals surface area contributed by atoms with Crippen molar-refractivity contribution in [2.24, 2.45) is 0 Å². The first-order valence-corrected chi connectivity index (χ1v) is 11.7. The molecule has 0 saturated carbocycles. The van der Waals surface area contributed by atoms with Crippen molar-refractivity contribution in [1.29, 1.82) is 0 Å². The first-order chi connectivity index (χ1) is 14.2. The summed E-state index contributed by atoms with van der Waals surface area (Å²) in [5, 5.41) is 10.5. The summed E-state index contributed by atoms with van der Waals surface area (Å²) in [6.45, 7) is 1.96. The molecule has 8 heteroatoms. The first-order valence-electron chi connectivity index (χ1n) is 9.87. The highest BCUT2D eigenvalue weighted by Crippen LogP contribution is 2.37. The number of rotatable bonds is 4. The Hall–Kier alpha value is -2.45. The van der Waals surface area contributed by atoms with E-state index in [9.17, 15) is 0 Å². The van der Waals surface area contributed by atoms with Crippen LogP contribution in [0.25, 0.3) is 15.9 Å². The molecule has 0 spiro atoms. The number of hydrogen-bond acceptors (Lipinski definition) is 7. The number of nitrogen functional groups attached to an aromatic ring is 1. The van der Waals surface area contributed by atoms with Crippen LogP contribution in [0.2, 0.25) is 0 Å². The maximum absolute atomic E-state index is 6.38. The van der Waals surface area contributed by atoms with Gasteiger partial charge in [-0.3, -0.25) is 4.57 Å². The lowest BCUT2D eigenvalue weighted by Gasteiger charge is -2.08. The summed E-state index contributed by atoms with van der Waals surface area (Å²) in [5.74, 6) is 2.83. The van der Waals surface area contributed by atoms with Crippen LogP contribution in [-0.2, 0) is 18.6 Å². The van der Waals surface area contributed by atoms with Gasteiger partial charge in [-0.05, 0) is 50.3 Å². The number of thioether (sulfide) groups is 1. The Morgan fingerprint density at radius 3 is 2.76 bits per heavy atom. The second kappa shape index (κ2) is 7.76. The molecule has 5 rings (SSSR count). The molecule has 0 fully saturated rings. The third-order valence-electron chi connectivity index (χ3n) is 5.28. The average Bonchev–Trinajstić information content (AvgIpc) is 3.18. The zero-order chi connectivity index (χ0) is 19.8. The molecule has 2 N–H and O–H groups in total. The van der Waals surface area contributed by atoms with Crippen molar-refractivity contribution in [2.45, 2.75) is 49.9 Å². The monoisotopic (exact) mass is 422 g/mol. The van der Waals surface area contributed by atoms with Crippen LogP contribution in [0.3, 0.4) is 0 Å². The summed E-state index contributed by atoms with van der Waals surface area (Å²) in [5.41, 5.74) is 8.82. The molecule has 0 atom stereocenters. The molecule has 0 saturated heterocycles. The SMILES string of the molecule is Cc1nnc(SCc2nc(N)c3c4c(sc3n2)CCCCC4)n1-c1ccccc1. The van der Waals surface area contributed by atoms with Crippen LogP contribution in [0.5, 0.6) is 0 Å². The number of hydrogen-bond donors (Lipinski definition) is 1. The lowest BCUT2D eigenvalue weighted by molar-refractivity contribution is 0.713. The minimum absolute atomic E-state index is 0.605. The van der Waals surface area contributed by atoms with E-state index in [0.29, 0.717) is 11.6 Å². The number of benzene rings is 1. The quantitative estimate of drug-likeness (QED) is 0.378. The van der Waals surface area contributed by atoms with Crippen LogP contribution in [0.1, 0.15) is 41.4 Å². The molecule has 1 aliphatic carbocycles. The molecule has 4 aromatic rings. The molecular weight excluding hydrogens is 400 g/mol. The largest absolute Gasteiger partial charge is 0.383 e. The van der Waals surface area contributed by atoms with Crippen LogP contribution in [0.15, 0.2) is 35.5 Å². The summed E-state index contributed by atoms with van der Waals surface area (Å²) in [6, 6.07) is 10.1. The van der Waals surface area contributed by atoms with Crippen LogP contribution in [0.4, 0.5) is 5.82 Å². The van der Waals surface area contributed by atoms with Crippen molar-refractivity contribution >= 4 is 39.1 Å². The van der Waals surface area contributed by atoms with Crippen molar-refractivity contribution < 1.29 is 0 Å². The van der Waals surface area contributed by atoms with E-state index in [4.69, 9.17) is 10.7 Å². The number of aryl methyl sites for hydroxylation is 3. The van der Waals surface area contributed by atoms with Crippen LogP contribution >= 0.6 is 23.1 Å². The Morgan fingerprint density at radius 2 is 1.90 bits per heavy atom. The van der Waals surface area contributed by atoms with Gasteiger partial charge in [-0.25, -0.2) is 9.97 Å². The Kier molecular flexibility index (Phi) is 4.97. The lowest BCUT2D eigenvalue weighted by atomic mass is 10.1. The molecular formula is C21H22N6S2. The Morgan fingerprint density at radius 1 is 1.07 bits per heavy atom. The van der Waals surface area contributed by atoms with E-state index in [1.165, 1.54) is 29.7 Å². The summed E-state index contributed by atoms with van der Waals surface area (Å²) in [4.78, 5) is 12.0. The molecule has 3 aromatic heterocycles. The van der Waals surface area contributed by atoms with Gasteiger partial charge in [0, 0.05) is 10.6 Å². The van der Waals surface area contributed by atoms with Gasteiger partial charge in [0.25, 0.3) is 0 Å². The number of nitrogens with two attached hydrogens (primary N) is 1. The van der Waals surface area contributed by atoms with Gasteiger partial charge in [-0.2, -0.15) is 0 Å². The fourth-order valence-electron chi connectivity index (χ4n) is 3.91. The number of nitrogens with zero attached hydrogens (tertiary/aromatic N) is 5. The van der Waals surface area contributed by atoms with Gasteiger partial charge in [-0.1, -0.05) is 36.4 Å². The molecule has 1 aliphatic rings. The molecule has 29 heavy (non-hydrogen) atoms. The van der Waals surface area contributed by atoms with E-state index in [2.05, 4.69) is 31.9 Å². The van der Waals surface area contributed by atoms with Gasteiger partial charge in [0.1, 0.15) is 22.3 Å². The Bertz CT molecular complexity index is 1170. The van der Waals surface area contributed by atoms with E-state index < -0.39 is 0 Å². The van der Waals surface area contributed by atoms with Crippen LogP contribution in [-0.4, -0.2) is 24.7 Å². The topological polar surface area (TPSA) is 82.5 Å². The lowest BCUT2D eigenvalue weighted by Crippen LogP contribution is -2.02.